The summed E-state index contributed by atoms with van der Waals surface area (Å²) in [6.07, 6.45) is 15.0. The third-order valence-electron chi connectivity index (χ3n) is 6.93. The van der Waals surface area contributed by atoms with E-state index >= 15 is 0 Å². The number of piperidine rings is 1. The van der Waals surface area contributed by atoms with Crippen molar-refractivity contribution in [2.24, 2.45) is 11.1 Å². The zero-order valence-electron chi connectivity index (χ0n) is 18.6. The Labute approximate surface area is 184 Å². The minimum absolute atomic E-state index is 0.470. The van der Waals surface area contributed by atoms with Crippen LogP contribution in [0.3, 0.4) is 0 Å². The molecule has 2 fully saturated rings. The van der Waals surface area contributed by atoms with Gasteiger partial charge in [-0.3, -0.25) is 0 Å². The van der Waals surface area contributed by atoms with Crippen molar-refractivity contribution in [1.29, 1.82) is 0 Å². The van der Waals surface area contributed by atoms with Crippen LogP contribution in [0.4, 0.5) is 0 Å². The smallest absolute Gasteiger partial charge is 0.171 e. The molecular formula is C25H32N4O2. The average Bonchev–Trinajstić information content (AvgIpc) is 3.25. The van der Waals surface area contributed by atoms with Crippen LogP contribution in [-0.4, -0.2) is 46.6 Å². The topological polar surface area (TPSA) is 51.9 Å². The number of methoxy groups -OCH3 is 1. The van der Waals surface area contributed by atoms with E-state index in [9.17, 15) is 0 Å². The van der Waals surface area contributed by atoms with Gasteiger partial charge in [0, 0.05) is 12.7 Å². The quantitative estimate of drug-likeness (QED) is 0.701. The number of hydrogen-bond donors (Lipinski definition) is 0. The van der Waals surface area contributed by atoms with Gasteiger partial charge in [0.1, 0.15) is 12.4 Å². The summed E-state index contributed by atoms with van der Waals surface area (Å²) in [6, 6.07) is 6.80. The predicted octanol–water partition coefficient (Wildman–Crippen LogP) is 4.96. The predicted molar refractivity (Wildman–Crippen MR) is 123 cm³/mol. The van der Waals surface area contributed by atoms with E-state index in [1.807, 2.05) is 24.0 Å². The lowest BCUT2D eigenvalue weighted by Crippen LogP contribution is -2.52. The molecule has 3 heterocycles. The average molecular weight is 421 g/mol. The van der Waals surface area contributed by atoms with E-state index in [4.69, 9.17) is 9.57 Å². The summed E-state index contributed by atoms with van der Waals surface area (Å²) in [5, 5.41) is 4.52. The lowest BCUT2D eigenvalue weighted by atomic mass is 9.82. The Hall–Kier alpha value is -2.76. The van der Waals surface area contributed by atoms with Crippen LogP contribution >= 0.6 is 0 Å². The molecule has 1 atom stereocenters. The van der Waals surface area contributed by atoms with Gasteiger partial charge in [-0.2, -0.15) is 0 Å². The maximum atomic E-state index is 5.77. The molecule has 5 rings (SSSR count). The van der Waals surface area contributed by atoms with Crippen LogP contribution in [0, 0.1) is 12.8 Å². The molecule has 164 valence electrons. The monoisotopic (exact) mass is 420 g/mol. The fourth-order valence-corrected chi connectivity index (χ4v) is 5.34. The molecular weight excluding hydrogens is 388 g/mol. The minimum atomic E-state index is 0.470. The van der Waals surface area contributed by atoms with Crippen LogP contribution in [0.15, 0.2) is 41.5 Å². The van der Waals surface area contributed by atoms with Gasteiger partial charge in [-0.25, -0.2) is 4.98 Å². The molecule has 0 N–H and O–H groups in total. The van der Waals surface area contributed by atoms with Crippen LogP contribution in [0.2, 0.25) is 0 Å². The zero-order chi connectivity index (χ0) is 21.2. The molecule has 1 aliphatic carbocycles. The lowest BCUT2D eigenvalue weighted by Gasteiger charge is -2.44. The molecule has 0 amide bonds. The van der Waals surface area contributed by atoms with Crippen LogP contribution in [0.1, 0.15) is 56.2 Å². The van der Waals surface area contributed by atoms with E-state index in [1.54, 1.807) is 7.11 Å². The molecule has 2 aliphatic heterocycles. The first-order chi connectivity index (χ1) is 15.2. The van der Waals surface area contributed by atoms with Crippen molar-refractivity contribution in [3.8, 4) is 11.4 Å². The Kier molecular flexibility index (Phi) is 5.70. The van der Waals surface area contributed by atoms with E-state index in [1.165, 1.54) is 37.7 Å². The molecule has 0 spiro atoms. The maximum Gasteiger partial charge on any atom is 0.171 e. The van der Waals surface area contributed by atoms with Gasteiger partial charge in [0.25, 0.3) is 0 Å². The Morgan fingerprint density at radius 1 is 1.16 bits per heavy atom. The number of ether oxygens (including phenoxy) is 1. The van der Waals surface area contributed by atoms with Gasteiger partial charge in [0.05, 0.1) is 30.9 Å². The number of amidine groups is 1. The fourth-order valence-electron chi connectivity index (χ4n) is 5.34. The molecule has 1 saturated heterocycles. The summed E-state index contributed by atoms with van der Waals surface area (Å²) >= 11 is 0. The van der Waals surface area contributed by atoms with Gasteiger partial charge in [-0.15, -0.1) is 0 Å². The van der Waals surface area contributed by atoms with Gasteiger partial charge in [-0.1, -0.05) is 30.5 Å². The van der Waals surface area contributed by atoms with Crippen molar-refractivity contribution < 1.29 is 9.57 Å². The molecule has 6 heteroatoms. The third kappa shape index (κ3) is 4.08. The summed E-state index contributed by atoms with van der Waals surface area (Å²) in [5.74, 6) is 2.61. The second-order valence-corrected chi connectivity index (χ2v) is 9.00. The highest BCUT2D eigenvalue weighted by Gasteiger charge is 2.36. The number of nitrogens with zero attached hydrogens (tertiary/aromatic N) is 4. The number of hydrogen-bond acceptors (Lipinski definition) is 5. The molecule has 6 nitrogen and oxygen atoms in total. The molecule has 1 unspecified atom stereocenters. The van der Waals surface area contributed by atoms with E-state index < -0.39 is 0 Å². The molecule has 1 aromatic heterocycles. The first-order valence-corrected chi connectivity index (χ1v) is 11.6. The Morgan fingerprint density at radius 2 is 2.03 bits per heavy atom. The van der Waals surface area contributed by atoms with Crippen molar-refractivity contribution in [3.05, 3.63) is 47.6 Å². The van der Waals surface area contributed by atoms with Gasteiger partial charge >= 0.3 is 0 Å². The van der Waals surface area contributed by atoms with Crippen molar-refractivity contribution >= 4 is 11.9 Å². The first kappa shape index (κ1) is 20.2. The largest absolute Gasteiger partial charge is 0.495 e. The molecule has 1 saturated carbocycles. The number of aromatic nitrogens is 2. The second-order valence-electron chi connectivity index (χ2n) is 9.00. The Bertz CT molecular complexity index is 987. The van der Waals surface area contributed by atoms with E-state index in [-0.39, 0.29) is 0 Å². The van der Waals surface area contributed by atoms with E-state index in [2.05, 4.69) is 39.3 Å². The number of aryl methyl sites for hydroxylation is 1. The van der Waals surface area contributed by atoms with Crippen LogP contribution in [-0.2, 0) is 4.84 Å². The highest BCUT2D eigenvalue weighted by Crippen LogP contribution is 2.35. The number of imidazole rings is 1. The number of benzene rings is 1. The Balaban J connectivity index is 1.41. The fraction of sp³-hybridized carbons (Fsp3) is 0.520. The summed E-state index contributed by atoms with van der Waals surface area (Å²) in [4.78, 5) is 12.6. The summed E-state index contributed by atoms with van der Waals surface area (Å²) in [7, 11) is 1.72. The van der Waals surface area contributed by atoms with Crippen LogP contribution in [0.25, 0.3) is 11.8 Å². The number of fused-ring (bicyclic) bond motifs is 1. The summed E-state index contributed by atoms with van der Waals surface area (Å²) in [5.41, 5.74) is 4.36. The lowest BCUT2D eigenvalue weighted by molar-refractivity contribution is 0.0243. The second kappa shape index (κ2) is 8.77. The Morgan fingerprint density at radius 3 is 2.81 bits per heavy atom. The van der Waals surface area contributed by atoms with E-state index in [0.717, 1.165) is 60.4 Å². The summed E-state index contributed by atoms with van der Waals surface area (Å²) < 4.78 is 7.70. The molecule has 1 aromatic carbocycles. The highest BCUT2D eigenvalue weighted by atomic mass is 16.6. The SMILES string of the molecule is COc1cc(/C=C2\CCCN3C2=NOCC3C2CCCCC2)ccc1-n1cnc(C)c1. The minimum Gasteiger partial charge on any atom is -0.495 e. The standard InChI is InChI=1S/C25H32N4O2/c1-18-15-28(17-26-18)22-11-10-19(14-24(22)30-2)13-21-9-6-12-29-23(16-31-27-25(21)29)20-7-4-3-5-8-20/h10-11,13-15,17,20,23H,3-9,12,16H2,1-2H3/b21-13+. The van der Waals surface area contributed by atoms with Crippen molar-refractivity contribution in [3.63, 3.8) is 0 Å². The maximum absolute atomic E-state index is 5.77. The van der Waals surface area contributed by atoms with Crippen LogP contribution < -0.4 is 4.74 Å². The zero-order valence-corrected chi connectivity index (χ0v) is 18.6. The molecule has 2 aromatic rings. The summed E-state index contributed by atoms with van der Waals surface area (Å²) in [6.45, 7) is 3.81. The molecule has 31 heavy (non-hydrogen) atoms. The van der Waals surface area contributed by atoms with Gasteiger partial charge in [-0.05, 0) is 67.9 Å². The van der Waals surface area contributed by atoms with Gasteiger partial charge in [0.15, 0.2) is 5.84 Å². The van der Waals surface area contributed by atoms with Crippen molar-refractivity contribution in [2.45, 2.75) is 57.9 Å². The first-order valence-electron chi connectivity index (χ1n) is 11.6. The number of oxime groups is 1. The van der Waals surface area contributed by atoms with E-state index in [0.29, 0.717) is 6.04 Å². The van der Waals surface area contributed by atoms with Gasteiger partial charge in [0.2, 0.25) is 0 Å². The van der Waals surface area contributed by atoms with Crippen molar-refractivity contribution in [2.75, 3.05) is 20.3 Å². The molecule has 3 aliphatic rings. The van der Waals surface area contributed by atoms with Crippen LogP contribution in [0.5, 0.6) is 5.75 Å². The number of rotatable bonds is 4. The van der Waals surface area contributed by atoms with Gasteiger partial charge < -0.3 is 19.0 Å². The molecule has 0 bridgehead atoms. The highest BCUT2D eigenvalue weighted by molar-refractivity contribution is 6.02. The third-order valence-corrected chi connectivity index (χ3v) is 6.93. The normalized spacial score (nSPS) is 23.3. The molecule has 0 radical (unpaired) electrons. The van der Waals surface area contributed by atoms with Crippen molar-refractivity contribution in [1.82, 2.24) is 14.5 Å².